The number of esters is 1. The molecule has 190 valence electrons. The molecule has 1 N–H and O–H groups in total. The first-order chi connectivity index (χ1) is 16.2. The van der Waals surface area contributed by atoms with Crippen molar-refractivity contribution in [3.63, 3.8) is 0 Å². The quantitative estimate of drug-likeness (QED) is 0.232. The van der Waals surface area contributed by atoms with Crippen molar-refractivity contribution in [3.05, 3.63) is 25.3 Å². The molecule has 34 heavy (non-hydrogen) atoms. The minimum atomic E-state index is -1.17. The number of likely N-dealkylation sites (tertiary alicyclic amines) is 1. The Labute approximate surface area is 210 Å². The topological polar surface area (TPSA) is 96.4 Å². The molecule has 1 spiro atoms. The van der Waals surface area contributed by atoms with Gasteiger partial charge in [0.25, 0.3) is 0 Å². The highest BCUT2D eigenvalue weighted by molar-refractivity contribution is 9.09. The number of carbonyl (C=O) groups is 3. The van der Waals surface area contributed by atoms with Gasteiger partial charge in [-0.25, -0.2) is 0 Å². The molecular weight excluding hydrogens is 504 g/mol. The first-order valence-electron chi connectivity index (χ1n) is 12.1. The number of rotatable bonds is 12. The third kappa shape index (κ3) is 4.35. The summed E-state index contributed by atoms with van der Waals surface area (Å²) in [5, 5.41) is 10.2. The molecule has 3 unspecified atom stereocenters. The third-order valence-electron chi connectivity index (χ3n) is 7.33. The van der Waals surface area contributed by atoms with Crippen LogP contribution in [0.4, 0.5) is 0 Å². The Morgan fingerprint density at radius 1 is 1.38 bits per heavy atom. The molecule has 7 atom stereocenters. The van der Waals surface area contributed by atoms with Gasteiger partial charge in [0.05, 0.1) is 30.6 Å². The Morgan fingerprint density at radius 3 is 2.65 bits per heavy atom. The van der Waals surface area contributed by atoms with Crippen LogP contribution >= 0.6 is 15.9 Å². The molecule has 2 amide bonds. The zero-order chi connectivity index (χ0) is 25.2. The number of alkyl halides is 1. The van der Waals surface area contributed by atoms with Gasteiger partial charge in [-0.1, -0.05) is 61.9 Å². The number of nitrogens with zero attached hydrogens (tertiary/aromatic N) is 2. The molecule has 0 aromatic heterocycles. The van der Waals surface area contributed by atoms with Crippen LogP contribution in [0.2, 0.25) is 0 Å². The smallest absolute Gasteiger partial charge is 0.312 e. The second-order valence-electron chi connectivity index (χ2n) is 9.75. The highest BCUT2D eigenvalue weighted by atomic mass is 79.9. The Morgan fingerprint density at radius 2 is 2.09 bits per heavy atom. The van der Waals surface area contributed by atoms with E-state index in [0.717, 1.165) is 12.8 Å². The van der Waals surface area contributed by atoms with Gasteiger partial charge in [-0.3, -0.25) is 14.4 Å². The summed E-state index contributed by atoms with van der Waals surface area (Å²) >= 11 is 3.64. The van der Waals surface area contributed by atoms with E-state index in [1.54, 1.807) is 11.0 Å². The lowest BCUT2D eigenvalue weighted by Gasteiger charge is -2.40. The van der Waals surface area contributed by atoms with E-state index in [2.05, 4.69) is 29.1 Å². The van der Waals surface area contributed by atoms with Crippen LogP contribution in [0.25, 0.3) is 0 Å². The molecule has 0 aliphatic carbocycles. The van der Waals surface area contributed by atoms with Crippen LogP contribution in [0, 0.1) is 17.8 Å². The normalized spacial score (nSPS) is 32.6. The molecule has 3 aliphatic heterocycles. The number of aliphatic hydroxyl groups excluding tert-OH is 1. The molecule has 3 saturated heterocycles. The fourth-order valence-electron chi connectivity index (χ4n) is 5.80. The maximum Gasteiger partial charge on any atom is 0.312 e. The zero-order valence-electron chi connectivity index (χ0n) is 20.3. The fourth-order valence-corrected chi connectivity index (χ4v) is 6.74. The summed E-state index contributed by atoms with van der Waals surface area (Å²) in [6, 6.07) is -1.52. The average Bonchev–Trinajstić information content (AvgIpc) is 3.39. The Bertz CT molecular complexity index is 819. The maximum atomic E-state index is 14.1. The van der Waals surface area contributed by atoms with Gasteiger partial charge in [-0.2, -0.15) is 0 Å². The van der Waals surface area contributed by atoms with E-state index in [4.69, 9.17) is 9.47 Å². The molecule has 0 radical (unpaired) electrons. The molecule has 3 aliphatic rings. The van der Waals surface area contributed by atoms with E-state index in [0.29, 0.717) is 19.5 Å². The van der Waals surface area contributed by atoms with Crippen molar-refractivity contribution in [1.82, 2.24) is 9.80 Å². The number of carbonyl (C=O) groups excluding carboxylic acids is 3. The number of ether oxygens (including phenoxy) is 2. The van der Waals surface area contributed by atoms with Gasteiger partial charge >= 0.3 is 5.97 Å². The van der Waals surface area contributed by atoms with Crippen LogP contribution in [-0.2, 0) is 23.9 Å². The number of aliphatic hydroxyl groups is 1. The summed E-state index contributed by atoms with van der Waals surface area (Å²) in [6.07, 6.45) is 4.71. The van der Waals surface area contributed by atoms with Crippen molar-refractivity contribution in [1.29, 1.82) is 0 Å². The van der Waals surface area contributed by atoms with E-state index >= 15 is 0 Å². The van der Waals surface area contributed by atoms with Crippen LogP contribution in [0.3, 0.4) is 0 Å². The minimum Gasteiger partial charge on any atom is -0.461 e. The molecule has 0 saturated carbocycles. The summed E-state index contributed by atoms with van der Waals surface area (Å²) in [4.78, 5) is 44.1. The van der Waals surface area contributed by atoms with E-state index < -0.39 is 41.6 Å². The molecule has 0 aromatic rings. The molecule has 3 rings (SSSR count). The predicted molar refractivity (Wildman–Crippen MR) is 131 cm³/mol. The first-order valence-corrected chi connectivity index (χ1v) is 13.0. The Hall–Kier alpha value is -1.71. The monoisotopic (exact) mass is 540 g/mol. The molecule has 2 bridgehead atoms. The molecular formula is C25H37BrN2O6. The van der Waals surface area contributed by atoms with Crippen molar-refractivity contribution < 1.29 is 29.0 Å². The molecule has 9 heteroatoms. The van der Waals surface area contributed by atoms with Crippen molar-refractivity contribution in [2.24, 2.45) is 17.8 Å². The summed E-state index contributed by atoms with van der Waals surface area (Å²) < 4.78 is 11.8. The summed E-state index contributed by atoms with van der Waals surface area (Å²) in [5.74, 6) is -2.87. The minimum absolute atomic E-state index is 0.0321. The van der Waals surface area contributed by atoms with Crippen LogP contribution in [0.5, 0.6) is 0 Å². The standard InChI is InChI=1S/C25H37BrN2O6/c1-6-9-11-27(10-7-2)23(31)21-25-13-16(26)20(34-25)18(24(32)33-12-8-3)19(25)22(30)28(21)17(14-29)15(4)5/h7-8,15-21,29H,2-3,6,9-14H2,1,4-5H3/t16?,17-,18-,19-,20-,21?,25?/m0/s1. The van der Waals surface area contributed by atoms with E-state index in [9.17, 15) is 19.5 Å². The van der Waals surface area contributed by atoms with Gasteiger partial charge in [0.15, 0.2) is 0 Å². The second-order valence-corrected chi connectivity index (χ2v) is 10.9. The van der Waals surface area contributed by atoms with Gasteiger partial charge in [0, 0.05) is 17.9 Å². The number of fused-ring (bicyclic) bond motifs is 1. The molecule has 3 heterocycles. The zero-order valence-corrected chi connectivity index (χ0v) is 21.9. The number of amides is 2. The summed E-state index contributed by atoms with van der Waals surface area (Å²) in [7, 11) is 0. The Kier molecular flexibility index (Phi) is 8.63. The van der Waals surface area contributed by atoms with E-state index in [1.807, 2.05) is 20.8 Å². The lowest BCUT2D eigenvalue weighted by atomic mass is 9.70. The van der Waals surface area contributed by atoms with Crippen LogP contribution in [-0.4, -0.2) is 87.6 Å². The highest BCUT2D eigenvalue weighted by Crippen LogP contribution is 2.60. The maximum absolute atomic E-state index is 14.1. The summed E-state index contributed by atoms with van der Waals surface area (Å²) in [6.45, 7) is 13.8. The van der Waals surface area contributed by atoms with E-state index in [1.165, 1.54) is 11.0 Å². The number of unbranched alkanes of at least 4 members (excludes halogenated alkanes) is 1. The van der Waals surface area contributed by atoms with Gasteiger partial charge in [-0.05, 0) is 18.8 Å². The third-order valence-corrected chi connectivity index (χ3v) is 8.18. The predicted octanol–water partition coefficient (Wildman–Crippen LogP) is 2.30. The lowest BCUT2D eigenvalue weighted by Crippen LogP contribution is -2.60. The summed E-state index contributed by atoms with van der Waals surface area (Å²) in [5.41, 5.74) is -1.17. The Balaban J connectivity index is 2.10. The van der Waals surface area contributed by atoms with Crippen molar-refractivity contribution in [2.45, 2.75) is 68.6 Å². The van der Waals surface area contributed by atoms with Crippen LogP contribution in [0.15, 0.2) is 25.3 Å². The lowest BCUT2D eigenvalue weighted by molar-refractivity contribution is -0.156. The largest absolute Gasteiger partial charge is 0.461 e. The fraction of sp³-hybridized carbons (Fsp3) is 0.720. The van der Waals surface area contributed by atoms with Gasteiger partial charge < -0.3 is 24.4 Å². The van der Waals surface area contributed by atoms with Gasteiger partial charge in [0.2, 0.25) is 11.8 Å². The molecule has 8 nitrogen and oxygen atoms in total. The highest BCUT2D eigenvalue weighted by Gasteiger charge is 2.77. The van der Waals surface area contributed by atoms with Crippen LogP contribution < -0.4 is 0 Å². The average molecular weight is 541 g/mol. The first kappa shape index (κ1) is 26.9. The molecule has 3 fully saturated rings. The van der Waals surface area contributed by atoms with Gasteiger partial charge in [0.1, 0.15) is 18.2 Å². The van der Waals surface area contributed by atoms with Gasteiger partial charge in [-0.15, -0.1) is 6.58 Å². The number of halogens is 1. The SMILES string of the molecule is C=CCOC(=O)[C@H]1[C@H]2C(=O)N([C@@H](CO)C(C)C)C(C(=O)N(CC=C)CCCC)C23CC(Br)[C@@H]1O3. The van der Waals surface area contributed by atoms with Crippen molar-refractivity contribution in [3.8, 4) is 0 Å². The number of hydrogen-bond acceptors (Lipinski definition) is 6. The van der Waals surface area contributed by atoms with Crippen molar-refractivity contribution in [2.75, 3.05) is 26.3 Å². The molecule has 0 aromatic carbocycles. The van der Waals surface area contributed by atoms with Crippen molar-refractivity contribution >= 4 is 33.7 Å². The number of hydrogen-bond donors (Lipinski definition) is 1. The second kappa shape index (κ2) is 10.9. The van der Waals surface area contributed by atoms with E-state index in [-0.39, 0.29) is 35.8 Å². The van der Waals surface area contributed by atoms with Crippen LogP contribution in [0.1, 0.15) is 40.0 Å².